The summed E-state index contributed by atoms with van der Waals surface area (Å²) in [4.78, 5) is 12.5. The maximum absolute atomic E-state index is 12.5. The lowest BCUT2D eigenvalue weighted by Gasteiger charge is -2.14. The molecule has 148 valence electrons. The van der Waals surface area contributed by atoms with Gasteiger partial charge in [0.15, 0.2) is 0 Å². The number of carbonyl (C=O) groups excluding carboxylic acids is 1. The highest BCUT2D eigenvalue weighted by molar-refractivity contribution is 6.30. The molecule has 0 fully saturated rings. The van der Waals surface area contributed by atoms with Gasteiger partial charge >= 0.3 is 0 Å². The van der Waals surface area contributed by atoms with E-state index in [1.807, 2.05) is 37.3 Å². The van der Waals surface area contributed by atoms with Gasteiger partial charge in [-0.3, -0.25) is 4.79 Å². The molecule has 4 aromatic rings. The summed E-state index contributed by atoms with van der Waals surface area (Å²) < 4.78 is 2.30. The van der Waals surface area contributed by atoms with Crippen LogP contribution in [0.4, 0.5) is 5.69 Å². The zero-order valence-electron chi connectivity index (χ0n) is 16.6. The molecule has 4 nitrogen and oxygen atoms in total. The number of amides is 1. The van der Waals surface area contributed by atoms with Crippen LogP contribution in [-0.2, 0) is 11.3 Å². The number of benzene rings is 3. The summed E-state index contributed by atoms with van der Waals surface area (Å²) >= 11 is 5.94. The molecule has 4 rings (SSSR count). The van der Waals surface area contributed by atoms with Gasteiger partial charge in [0.25, 0.3) is 0 Å². The number of para-hydroxylation sites is 1. The topological polar surface area (TPSA) is 46.1 Å². The average molecular weight is 406 g/mol. The molecule has 0 aliphatic heterocycles. The molecule has 1 unspecified atom stereocenters. The Kier molecular flexibility index (Phi) is 5.56. The molecule has 5 heteroatoms. The molecule has 0 aliphatic carbocycles. The highest BCUT2D eigenvalue weighted by Gasteiger charge is 2.12. The molecule has 0 bridgehead atoms. The first-order chi connectivity index (χ1) is 14.1. The lowest BCUT2D eigenvalue weighted by molar-refractivity contribution is -0.115. The molecule has 1 heterocycles. The molecule has 0 radical (unpaired) electrons. The zero-order valence-corrected chi connectivity index (χ0v) is 17.3. The quantitative estimate of drug-likeness (QED) is 0.428. The first-order valence-electron chi connectivity index (χ1n) is 9.86. The van der Waals surface area contributed by atoms with Crippen LogP contribution >= 0.6 is 11.6 Å². The van der Waals surface area contributed by atoms with Crippen molar-refractivity contribution in [3.8, 4) is 0 Å². The smallest absolute Gasteiger partial charge is 0.238 e. The van der Waals surface area contributed by atoms with E-state index in [-0.39, 0.29) is 18.5 Å². The van der Waals surface area contributed by atoms with E-state index >= 15 is 0 Å². The maximum atomic E-state index is 12.5. The number of aryl methyl sites for hydroxylation is 1. The van der Waals surface area contributed by atoms with Crippen molar-refractivity contribution >= 4 is 45.0 Å². The largest absolute Gasteiger partial charge is 0.341 e. The van der Waals surface area contributed by atoms with Gasteiger partial charge in [0, 0.05) is 45.1 Å². The summed E-state index contributed by atoms with van der Waals surface area (Å²) in [6.07, 6.45) is 0. The Bertz CT molecular complexity index is 1160. The van der Waals surface area contributed by atoms with Crippen LogP contribution in [0, 0.1) is 0 Å². The standard InChI is InChI=1S/C24H24ClN3O/c1-3-28-22-7-5-4-6-20(22)21-14-19(12-13-23(21)28)27-24(29)15-26-16(2)17-8-10-18(25)11-9-17/h4-14,16,26H,3,15H2,1-2H3,(H,27,29). The summed E-state index contributed by atoms with van der Waals surface area (Å²) in [7, 11) is 0. The maximum Gasteiger partial charge on any atom is 0.238 e. The SMILES string of the molecule is CCn1c2ccccc2c2cc(NC(=O)CNC(C)c3ccc(Cl)cc3)ccc21. The van der Waals surface area contributed by atoms with Gasteiger partial charge in [0.2, 0.25) is 5.91 Å². The van der Waals surface area contributed by atoms with Crippen LogP contribution in [0.5, 0.6) is 0 Å². The van der Waals surface area contributed by atoms with Crippen molar-refractivity contribution in [2.45, 2.75) is 26.4 Å². The molecule has 0 spiro atoms. The van der Waals surface area contributed by atoms with Gasteiger partial charge in [-0.05, 0) is 55.8 Å². The Morgan fingerprint density at radius 1 is 1.00 bits per heavy atom. The number of aromatic nitrogens is 1. The van der Waals surface area contributed by atoms with Gasteiger partial charge in [-0.25, -0.2) is 0 Å². The number of fused-ring (bicyclic) bond motifs is 3. The molecule has 29 heavy (non-hydrogen) atoms. The third-order valence-corrected chi connectivity index (χ3v) is 5.56. The van der Waals surface area contributed by atoms with E-state index in [1.165, 1.54) is 16.4 Å². The fourth-order valence-electron chi connectivity index (χ4n) is 3.79. The fraction of sp³-hybridized carbons (Fsp3) is 0.208. The molecule has 1 aromatic heterocycles. The molecule has 0 aliphatic rings. The van der Waals surface area contributed by atoms with Gasteiger partial charge in [-0.2, -0.15) is 0 Å². The number of anilines is 1. The highest BCUT2D eigenvalue weighted by Crippen LogP contribution is 2.30. The van der Waals surface area contributed by atoms with Crippen LogP contribution in [0.2, 0.25) is 5.02 Å². The predicted molar refractivity (Wildman–Crippen MR) is 122 cm³/mol. The number of rotatable bonds is 6. The van der Waals surface area contributed by atoms with E-state index in [0.29, 0.717) is 5.02 Å². The Morgan fingerprint density at radius 3 is 2.48 bits per heavy atom. The van der Waals surface area contributed by atoms with Crippen LogP contribution in [0.1, 0.15) is 25.5 Å². The second-order valence-electron chi connectivity index (χ2n) is 7.20. The molecular weight excluding hydrogens is 382 g/mol. The Morgan fingerprint density at radius 2 is 1.72 bits per heavy atom. The van der Waals surface area contributed by atoms with E-state index in [0.717, 1.165) is 23.2 Å². The first-order valence-corrected chi connectivity index (χ1v) is 10.2. The average Bonchev–Trinajstić information content (AvgIpc) is 3.05. The van der Waals surface area contributed by atoms with Crippen LogP contribution in [-0.4, -0.2) is 17.0 Å². The van der Waals surface area contributed by atoms with Crippen molar-refractivity contribution < 1.29 is 4.79 Å². The molecule has 1 amide bonds. The molecule has 0 saturated carbocycles. The number of hydrogen-bond acceptors (Lipinski definition) is 2. The molecule has 1 atom stereocenters. The number of carbonyl (C=O) groups is 1. The minimum absolute atomic E-state index is 0.0584. The van der Waals surface area contributed by atoms with E-state index in [4.69, 9.17) is 11.6 Å². The van der Waals surface area contributed by atoms with Gasteiger partial charge in [0.1, 0.15) is 0 Å². The monoisotopic (exact) mass is 405 g/mol. The van der Waals surface area contributed by atoms with E-state index in [1.54, 1.807) is 0 Å². The number of nitrogens with one attached hydrogen (secondary N) is 2. The van der Waals surface area contributed by atoms with Gasteiger partial charge in [-0.15, -0.1) is 0 Å². The Labute approximate surface area is 175 Å². The lowest BCUT2D eigenvalue weighted by atomic mass is 10.1. The van der Waals surface area contributed by atoms with Crippen molar-refractivity contribution in [2.24, 2.45) is 0 Å². The number of nitrogens with zero attached hydrogens (tertiary/aromatic N) is 1. The van der Waals surface area contributed by atoms with Crippen LogP contribution < -0.4 is 10.6 Å². The fourth-order valence-corrected chi connectivity index (χ4v) is 3.92. The van der Waals surface area contributed by atoms with Crippen molar-refractivity contribution in [3.05, 3.63) is 77.3 Å². The lowest BCUT2D eigenvalue weighted by Crippen LogP contribution is -2.30. The molecule has 2 N–H and O–H groups in total. The van der Waals surface area contributed by atoms with E-state index in [2.05, 4.69) is 58.5 Å². The van der Waals surface area contributed by atoms with E-state index < -0.39 is 0 Å². The van der Waals surface area contributed by atoms with Gasteiger partial charge in [-0.1, -0.05) is 41.9 Å². The summed E-state index contributed by atoms with van der Waals surface area (Å²) in [5.74, 6) is -0.0654. The predicted octanol–water partition coefficient (Wildman–Crippen LogP) is 5.76. The van der Waals surface area contributed by atoms with E-state index in [9.17, 15) is 4.79 Å². The van der Waals surface area contributed by atoms with Crippen molar-refractivity contribution in [3.63, 3.8) is 0 Å². The van der Waals surface area contributed by atoms with Crippen LogP contribution in [0.15, 0.2) is 66.7 Å². The third kappa shape index (κ3) is 4.00. The molecular formula is C24H24ClN3O. The normalized spacial score (nSPS) is 12.4. The minimum atomic E-state index is -0.0654. The van der Waals surface area contributed by atoms with Crippen molar-refractivity contribution in [1.82, 2.24) is 9.88 Å². The third-order valence-electron chi connectivity index (χ3n) is 5.31. The van der Waals surface area contributed by atoms with Crippen LogP contribution in [0.3, 0.4) is 0 Å². The summed E-state index contributed by atoms with van der Waals surface area (Å²) in [5.41, 5.74) is 4.30. The minimum Gasteiger partial charge on any atom is -0.341 e. The summed E-state index contributed by atoms with van der Waals surface area (Å²) in [6.45, 7) is 5.32. The van der Waals surface area contributed by atoms with Crippen molar-refractivity contribution in [1.29, 1.82) is 0 Å². The van der Waals surface area contributed by atoms with Gasteiger partial charge in [0.05, 0.1) is 6.54 Å². The molecule has 0 saturated heterocycles. The zero-order chi connectivity index (χ0) is 20.4. The highest BCUT2D eigenvalue weighted by atomic mass is 35.5. The van der Waals surface area contributed by atoms with Crippen molar-refractivity contribution in [2.75, 3.05) is 11.9 Å². The summed E-state index contributed by atoms with van der Waals surface area (Å²) in [5, 5.41) is 9.34. The number of halogens is 1. The van der Waals surface area contributed by atoms with Gasteiger partial charge < -0.3 is 15.2 Å². The second kappa shape index (κ2) is 8.27. The van der Waals surface area contributed by atoms with Crippen LogP contribution in [0.25, 0.3) is 21.8 Å². The molecule has 3 aromatic carbocycles. The Hall–Kier alpha value is -2.82. The second-order valence-corrected chi connectivity index (χ2v) is 7.63. The first kappa shape index (κ1) is 19.5. The number of hydrogen-bond donors (Lipinski definition) is 2. The summed E-state index contributed by atoms with van der Waals surface area (Å²) in [6, 6.07) is 22.2. The Balaban J connectivity index is 1.48.